The zero-order chi connectivity index (χ0) is 14.7. The molecule has 1 aliphatic rings. The third-order valence-electron chi connectivity index (χ3n) is 2.47. The van der Waals surface area contributed by atoms with Crippen molar-refractivity contribution in [2.45, 2.75) is 64.6 Å². The molecule has 19 heavy (non-hydrogen) atoms. The van der Waals surface area contributed by atoms with Gasteiger partial charge in [-0.1, -0.05) is 28.7 Å². The Morgan fingerprint density at radius 2 is 1.89 bits per heavy atom. The Balaban J connectivity index is 2.46. The van der Waals surface area contributed by atoms with Gasteiger partial charge in [-0.05, 0) is 41.0 Å². The van der Waals surface area contributed by atoms with Crippen molar-refractivity contribution in [1.29, 1.82) is 0 Å². The van der Waals surface area contributed by atoms with Crippen LogP contribution in [0.15, 0.2) is 12.2 Å². The first-order valence-electron chi connectivity index (χ1n) is 6.44. The van der Waals surface area contributed by atoms with E-state index in [1.54, 1.807) is 6.08 Å². The molecule has 1 saturated heterocycles. The summed E-state index contributed by atoms with van der Waals surface area (Å²) in [6.07, 6.45) is 3.97. The Bertz CT molecular complexity index is 344. The van der Waals surface area contributed by atoms with Gasteiger partial charge in [-0.15, -0.1) is 0 Å². The molecule has 1 aliphatic heterocycles. The summed E-state index contributed by atoms with van der Waals surface area (Å²) in [4.78, 5) is 11.5. The second kappa shape index (κ2) is 6.54. The van der Waals surface area contributed by atoms with Crippen LogP contribution in [0.3, 0.4) is 0 Å². The van der Waals surface area contributed by atoms with Crippen LogP contribution in [0.4, 0.5) is 0 Å². The van der Waals surface area contributed by atoms with Crippen molar-refractivity contribution in [3.8, 4) is 0 Å². The minimum atomic E-state index is -0.541. The van der Waals surface area contributed by atoms with Gasteiger partial charge in [0.1, 0.15) is 5.60 Å². The number of alkyl halides is 1. The summed E-state index contributed by atoms with van der Waals surface area (Å²) in [5.74, 6) is -0.864. The fourth-order valence-corrected chi connectivity index (χ4v) is 2.62. The van der Waals surface area contributed by atoms with Crippen LogP contribution in [-0.2, 0) is 19.0 Å². The van der Waals surface area contributed by atoms with Gasteiger partial charge in [-0.3, -0.25) is 0 Å². The molecular weight excluding hydrogens is 359 g/mol. The van der Waals surface area contributed by atoms with Gasteiger partial charge in [0, 0.05) is 10.5 Å². The van der Waals surface area contributed by atoms with E-state index in [4.69, 9.17) is 14.2 Å². The molecule has 1 heterocycles. The lowest BCUT2D eigenvalue weighted by Gasteiger charge is -2.18. The number of halogens is 1. The van der Waals surface area contributed by atoms with Crippen molar-refractivity contribution in [2.24, 2.45) is 0 Å². The van der Waals surface area contributed by atoms with Gasteiger partial charge in [0.25, 0.3) is 0 Å². The average molecular weight is 382 g/mol. The first-order valence-corrected chi connectivity index (χ1v) is 7.96. The van der Waals surface area contributed by atoms with Gasteiger partial charge in [0.05, 0.1) is 12.2 Å². The second-order valence-corrected chi connectivity index (χ2v) is 6.92. The average Bonchev–Trinajstić information content (AvgIpc) is 2.50. The van der Waals surface area contributed by atoms with Crippen LogP contribution in [0, 0.1) is 0 Å². The van der Waals surface area contributed by atoms with E-state index in [-0.39, 0.29) is 18.2 Å². The monoisotopic (exact) mass is 382 g/mol. The summed E-state index contributed by atoms with van der Waals surface area (Å²) in [6, 6.07) is 0. The maximum absolute atomic E-state index is 11.5. The lowest BCUT2D eigenvalue weighted by Crippen LogP contribution is -2.24. The standard InChI is InChI=1S/C14H23IO4/c1-13(2,3)19-12(16)8-6-7-10-11(9-15)18-14(4,5)17-10/h6,8,10-11H,7,9H2,1-5H3/b8-6+/t10-,11+/m0/s1. The highest BCUT2D eigenvalue weighted by molar-refractivity contribution is 14.1. The first-order chi connectivity index (χ1) is 8.63. The molecule has 0 spiro atoms. The zero-order valence-corrected chi connectivity index (χ0v) is 14.4. The maximum Gasteiger partial charge on any atom is 0.330 e. The van der Waals surface area contributed by atoms with Gasteiger partial charge in [-0.25, -0.2) is 4.79 Å². The maximum atomic E-state index is 11.5. The number of carbonyl (C=O) groups is 1. The Morgan fingerprint density at radius 3 is 2.42 bits per heavy atom. The Morgan fingerprint density at radius 1 is 1.32 bits per heavy atom. The summed E-state index contributed by atoms with van der Waals surface area (Å²) in [5.41, 5.74) is -0.457. The fourth-order valence-electron chi connectivity index (χ4n) is 1.87. The molecule has 0 N–H and O–H groups in total. The molecule has 110 valence electrons. The summed E-state index contributed by atoms with van der Waals surface area (Å²) >= 11 is 2.28. The van der Waals surface area contributed by atoms with Crippen molar-refractivity contribution in [2.75, 3.05) is 4.43 Å². The predicted octanol–water partition coefficient (Wildman–Crippen LogP) is 3.23. The topological polar surface area (TPSA) is 44.8 Å². The molecule has 4 nitrogen and oxygen atoms in total. The lowest BCUT2D eigenvalue weighted by atomic mass is 10.1. The normalized spacial score (nSPS) is 26.8. The third kappa shape index (κ3) is 6.23. The van der Waals surface area contributed by atoms with Gasteiger partial charge in [0.2, 0.25) is 0 Å². The molecule has 1 fully saturated rings. The third-order valence-corrected chi connectivity index (χ3v) is 3.33. The minimum absolute atomic E-state index is 0.00872. The highest BCUT2D eigenvalue weighted by Gasteiger charge is 2.39. The zero-order valence-electron chi connectivity index (χ0n) is 12.2. The lowest BCUT2D eigenvalue weighted by molar-refractivity contribution is -0.148. The van der Waals surface area contributed by atoms with Crippen LogP contribution >= 0.6 is 22.6 Å². The Kier molecular flexibility index (Phi) is 5.82. The SMILES string of the molecule is CC(C)(C)OC(=O)/C=C/C[C@@H]1OC(C)(C)O[C@@H]1CI. The molecule has 0 aromatic carbocycles. The van der Waals surface area contributed by atoms with Crippen LogP contribution < -0.4 is 0 Å². The van der Waals surface area contributed by atoms with E-state index < -0.39 is 11.4 Å². The summed E-state index contributed by atoms with van der Waals surface area (Å²) in [7, 11) is 0. The molecule has 0 saturated carbocycles. The van der Waals surface area contributed by atoms with E-state index in [9.17, 15) is 4.79 Å². The molecule has 0 aromatic heterocycles. The summed E-state index contributed by atoms with van der Waals surface area (Å²) in [6.45, 7) is 9.36. The van der Waals surface area contributed by atoms with Gasteiger partial charge >= 0.3 is 5.97 Å². The molecule has 0 bridgehead atoms. The minimum Gasteiger partial charge on any atom is -0.457 e. The van der Waals surface area contributed by atoms with Crippen LogP contribution in [0.25, 0.3) is 0 Å². The van der Waals surface area contributed by atoms with Crippen LogP contribution in [0.5, 0.6) is 0 Å². The van der Waals surface area contributed by atoms with Gasteiger partial charge in [-0.2, -0.15) is 0 Å². The van der Waals surface area contributed by atoms with Crippen molar-refractivity contribution >= 4 is 28.6 Å². The Hall–Kier alpha value is -0.140. The highest BCUT2D eigenvalue weighted by Crippen LogP contribution is 2.31. The molecule has 1 rings (SSSR count). The summed E-state index contributed by atoms with van der Waals surface area (Å²) in [5, 5.41) is 0. The van der Waals surface area contributed by atoms with E-state index in [1.165, 1.54) is 6.08 Å². The number of ether oxygens (including phenoxy) is 3. The molecule has 0 radical (unpaired) electrons. The van der Waals surface area contributed by atoms with Crippen LogP contribution in [-0.4, -0.2) is 34.0 Å². The predicted molar refractivity (Wildman–Crippen MR) is 82.3 cm³/mol. The molecule has 0 unspecified atom stereocenters. The van der Waals surface area contributed by atoms with Crippen molar-refractivity contribution < 1.29 is 19.0 Å². The van der Waals surface area contributed by atoms with E-state index in [1.807, 2.05) is 34.6 Å². The van der Waals surface area contributed by atoms with Crippen molar-refractivity contribution in [3.05, 3.63) is 12.2 Å². The molecule has 2 atom stereocenters. The van der Waals surface area contributed by atoms with E-state index in [0.717, 1.165) is 4.43 Å². The molecular formula is C14H23IO4. The fraction of sp³-hybridized carbons (Fsp3) is 0.786. The van der Waals surface area contributed by atoms with Gasteiger partial charge in [0.15, 0.2) is 5.79 Å². The number of rotatable bonds is 4. The van der Waals surface area contributed by atoms with Crippen molar-refractivity contribution in [1.82, 2.24) is 0 Å². The Labute approximate surface area is 129 Å². The van der Waals surface area contributed by atoms with E-state index in [2.05, 4.69) is 22.6 Å². The van der Waals surface area contributed by atoms with Crippen LogP contribution in [0.2, 0.25) is 0 Å². The first kappa shape index (κ1) is 16.9. The largest absolute Gasteiger partial charge is 0.457 e. The number of carbonyl (C=O) groups excluding carboxylic acids is 1. The molecule has 0 aliphatic carbocycles. The molecule has 5 heteroatoms. The molecule has 0 aromatic rings. The summed E-state index contributed by atoms with van der Waals surface area (Å²) < 4.78 is 17.6. The quantitative estimate of drug-likeness (QED) is 0.324. The second-order valence-electron chi connectivity index (χ2n) is 6.04. The smallest absolute Gasteiger partial charge is 0.330 e. The number of esters is 1. The molecule has 0 amide bonds. The number of hydrogen-bond acceptors (Lipinski definition) is 4. The van der Waals surface area contributed by atoms with Gasteiger partial charge < -0.3 is 14.2 Å². The van der Waals surface area contributed by atoms with Crippen LogP contribution in [0.1, 0.15) is 41.0 Å². The van der Waals surface area contributed by atoms with Crippen molar-refractivity contribution in [3.63, 3.8) is 0 Å². The van der Waals surface area contributed by atoms with E-state index in [0.29, 0.717) is 6.42 Å². The number of hydrogen-bond donors (Lipinski definition) is 0. The van der Waals surface area contributed by atoms with E-state index >= 15 is 0 Å². The highest BCUT2D eigenvalue weighted by atomic mass is 127.